The predicted octanol–water partition coefficient (Wildman–Crippen LogP) is 4.08. The summed E-state index contributed by atoms with van der Waals surface area (Å²) in [7, 11) is 0.774. The molecule has 2 atom stereocenters. The number of benzene rings is 2. The molecule has 0 saturated heterocycles. The van der Waals surface area contributed by atoms with Gasteiger partial charge in [-0.2, -0.15) is 0 Å². The molecule has 3 aromatic rings. The molecule has 2 unspecified atom stereocenters. The lowest BCUT2D eigenvalue weighted by Crippen LogP contribution is -2.30. The first-order chi connectivity index (χ1) is 11.9. The molecule has 1 aromatic heterocycles. The van der Waals surface area contributed by atoms with Gasteiger partial charge < -0.3 is 15.0 Å². The Kier molecular flexibility index (Phi) is 4.30. The van der Waals surface area contributed by atoms with Gasteiger partial charge in [-0.1, -0.05) is 38.1 Å². The highest BCUT2D eigenvalue weighted by Crippen LogP contribution is 2.35. The summed E-state index contributed by atoms with van der Waals surface area (Å²) in [5.74, 6) is 1.06. The van der Waals surface area contributed by atoms with Crippen LogP contribution in [0.25, 0.3) is 10.9 Å². The average molecular weight is 338 g/mol. The largest absolute Gasteiger partial charge is 0.488 e. The van der Waals surface area contributed by atoms with E-state index >= 15 is 0 Å². The SMILES string of the molecule is CC.c1ccc2c3c([nH]c2c1)C(c1ccc2c(c1)PCO2)NCC3. The average Bonchev–Trinajstić information content (AvgIpc) is 3.26. The fraction of sp³-hybridized carbons (Fsp3) is 0.300. The van der Waals surface area contributed by atoms with Gasteiger partial charge in [0, 0.05) is 28.4 Å². The van der Waals surface area contributed by atoms with Crippen LogP contribution >= 0.6 is 8.58 Å². The van der Waals surface area contributed by atoms with Crippen LogP contribution in [0.3, 0.4) is 0 Å². The van der Waals surface area contributed by atoms with Crippen molar-refractivity contribution in [3.05, 3.63) is 59.3 Å². The molecule has 5 rings (SSSR count). The maximum absolute atomic E-state index is 5.64. The minimum atomic E-state index is 0.256. The fourth-order valence-electron chi connectivity index (χ4n) is 3.65. The van der Waals surface area contributed by atoms with Crippen molar-refractivity contribution in [3.63, 3.8) is 0 Å². The number of aromatic amines is 1. The number of fused-ring (bicyclic) bond motifs is 4. The number of rotatable bonds is 1. The van der Waals surface area contributed by atoms with Gasteiger partial charge in [-0.3, -0.25) is 0 Å². The maximum atomic E-state index is 5.64. The molecular formula is C20H23N2OP. The summed E-state index contributed by atoms with van der Waals surface area (Å²) in [6.45, 7) is 5.02. The maximum Gasteiger partial charge on any atom is 0.127 e. The van der Waals surface area contributed by atoms with Crippen molar-refractivity contribution in [2.24, 2.45) is 0 Å². The number of para-hydroxylation sites is 1. The smallest absolute Gasteiger partial charge is 0.127 e. The standard InChI is InChI=1S/C18H17N2OP.C2H6/c1-2-4-14-12(3-1)13-7-8-19-17(18(13)20-14)11-5-6-15-16(9-11)22-10-21-15;1-2/h1-6,9,17,19-20,22H,7-8,10H2;1-2H3. The van der Waals surface area contributed by atoms with E-state index in [1.165, 1.54) is 33.0 Å². The van der Waals surface area contributed by atoms with Crippen molar-refractivity contribution in [3.8, 4) is 5.75 Å². The Morgan fingerprint density at radius 2 is 2.00 bits per heavy atom. The van der Waals surface area contributed by atoms with Gasteiger partial charge in [-0.15, -0.1) is 0 Å². The van der Waals surface area contributed by atoms with Crippen LogP contribution < -0.4 is 15.4 Å². The van der Waals surface area contributed by atoms with Crippen molar-refractivity contribution in [1.82, 2.24) is 10.3 Å². The van der Waals surface area contributed by atoms with Crippen molar-refractivity contribution >= 4 is 24.8 Å². The summed E-state index contributed by atoms with van der Waals surface area (Å²) < 4.78 is 5.64. The van der Waals surface area contributed by atoms with Gasteiger partial charge in [0.25, 0.3) is 0 Å². The minimum absolute atomic E-state index is 0.256. The normalized spacial score (nSPS) is 19.3. The van der Waals surface area contributed by atoms with Crippen LogP contribution in [0.15, 0.2) is 42.5 Å². The van der Waals surface area contributed by atoms with Crippen LogP contribution in [0.1, 0.15) is 36.7 Å². The van der Waals surface area contributed by atoms with Crippen LogP contribution in [0.5, 0.6) is 5.75 Å². The Hall–Kier alpha value is -1.83. The topological polar surface area (TPSA) is 37.0 Å². The van der Waals surface area contributed by atoms with Crippen LogP contribution in [-0.4, -0.2) is 17.9 Å². The van der Waals surface area contributed by atoms with Crippen molar-refractivity contribution < 1.29 is 4.74 Å². The van der Waals surface area contributed by atoms with E-state index in [0.29, 0.717) is 0 Å². The second kappa shape index (κ2) is 6.58. The van der Waals surface area contributed by atoms with Gasteiger partial charge in [0.1, 0.15) is 12.1 Å². The second-order valence-corrected chi connectivity index (χ2v) is 7.10. The molecule has 3 heterocycles. The minimum Gasteiger partial charge on any atom is -0.488 e. The van der Waals surface area contributed by atoms with Crippen LogP contribution in [0.2, 0.25) is 0 Å². The molecule has 2 aliphatic heterocycles. The van der Waals surface area contributed by atoms with E-state index in [1.54, 1.807) is 0 Å². The summed E-state index contributed by atoms with van der Waals surface area (Å²) in [6, 6.07) is 15.5. The van der Waals surface area contributed by atoms with E-state index in [9.17, 15) is 0 Å². The van der Waals surface area contributed by atoms with E-state index in [4.69, 9.17) is 4.74 Å². The molecular weight excluding hydrogens is 315 g/mol. The van der Waals surface area contributed by atoms with E-state index in [2.05, 4.69) is 52.8 Å². The zero-order valence-corrected chi connectivity index (χ0v) is 15.1. The van der Waals surface area contributed by atoms with Crippen LogP contribution in [-0.2, 0) is 6.42 Å². The fourth-order valence-corrected chi connectivity index (χ4v) is 4.63. The predicted molar refractivity (Wildman–Crippen MR) is 103 cm³/mol. The number of hydrogen-bond donors (Lipinski definition) is 2. The number of H-pyrrole nitrogens is 1. The zero-order valence-electron chi connectivity index (χ0n) is 14.1. The molecule has 2 aromatic carbocycles. The van der Waals surface area contributed by atoms with Crippen LogP contribution in [0, 0.1) is 0 Å². The molecule has 0 saturated carbocycles. The van der Waals surface area contributed by atoms with Gasteiger partial charge in [-0.25, -0.2) is 0 Å². The van der Waals surface area contributed by atoms with Gasteiger partial charge >= 0.3 is 0 Å². The lowest BCUT2D eigenvalue weighted by Gasteiger charge is -2.25. The van der Waals surface area contributed by atoms with Gasteiger partial charge in [0.05, 0.1) is 6.04 Å². The number of aromatic nitrogens is 1. The van der Waals surface area contributed by atoms with Gasteiger partial charge in [0.15, 0.2) is 0 Å². The molecule has 124 valence electrons. The quantitative estimate of drug-likeness (QED) is 0.656. The van der Waals surface area contributed by atoms with E-state index in [1.807, 2.05) is 13.8 Å². The molecule has 2 aliphatic rings. The molecule has 0 fully saturated rings. The first-order valence-electron chi connectivity index (χ1n) is 8.73. The summed E-state index contributed by atoms with van der Waals surface area (Å²) in [6.07, 6.45) is 1.93. The van der Waals surface area contributed by atoms with E-state index in [-0.39, 0.29) is 6.04 Å². The Morgan fingerprint density at radius 1 is 1.12 bits per heavy atom. The highest BCUT2D eigenvalue weighted by molar-refractivity contribution is 7.47. The van der Waals surface area contributed by atoms with Crippen molar-refractivity contribution in [2.45, 2.75) is 26.3 Å². The Balaban J connectivity index is 0.000000704. The zero-order chi connectivity index (χ0) is 16.5. The monoisotopic (exact) mass is 338 g/mol. The Bertz CT molecular complexity index is 871. The highest BCUT2D eigenvalue weighted by Gasteiger charge is 2.26. The van der Waals surface area contributed by atoms with Crippen molar-refractivity contribution in [2.75, 3.05) is 12.9 Å². The molecule has 0 spiro atoms. The van der Waals surface area contributed by atoms with Gasteiger partial charge in [0.2, 0.25) is 0 Å². The second-order valence-electron chi connectivity index (χ2n) is 5.92. The Morgan fingerprint density at radius 3 is 2.92 bits per heavy atom. The lowest BCUT2D eigenvalue weighted by atomic mass is 9.94. The summed E-state index contributed by atoms with van der Waals surface area (Å²) in [5.41, 5.74) is 5.38. The molecule has 0 aliphatic carbocycles. The summed E-state index contributed by atoms with van der Waals surface area (Å²) in [4.78, 5) is 3.64. The van der Waals surface area contributed by atoms with E-state index < -0.39 is 0 Å². The van der Waals surface area contributed by atoms with Gasteiger partial charge in [-0.05, 0) is 44.3 Å². The van der Waals surface area contributed by atoms with E-state index in [0.717, 1.165) is 33.6 Å². The molecule has 0 radical (unpaired) electrons. The number of hydrogen-bond acceptors (Lipinski definition) is 2. The third-order valence-electron chi connectivity index (χ3n) is 4.69. The third kappa shape index (κ3) is 2.53. The highest BCUT2D eigenvalue weighted by atomic mass is 31.1. The third-order valence-corrected chi connectivity index (χ3v) is 5.75. The lowest BCUT2D eigenvalue weighted by molar-refractivity contribution is 0.403. The first kappa shape index (κ1) is 15.7. The number of nitrogens with one attached hydrogen (secondary N) is 2. The molecule has 2 N–H and O–H groups in total. The number of ether oxygens (including phenoxy) is 1. The summed E-state index contributed by atoms with van der Waals surface area (Å²) >= 11 is 0. The Labute approximate surface area is 144 Å². The molecule has 4 heteroatoms. The molecule has 0 bridgehead atoms. The first-order valence-corrected chi connectivity index (χ1v) is 9.94. The molecule has 3 nitrogen and oxygen atoms in total. The molecule has 0 amide bonds. The molecule has 24 heavy (non-hydrogen) atoms. The van der Waals surface area contributed by atoms with Crippen molar-refractivity contribution in [1.29, 1.82) is 0 Å². The van der Waals surface area contributed by atoms with Crippen LogP contribution in [0.4, 0.5) is 0 Å². The summed E-state index contributed by atoms with van der Waals surface area (Å²) in [5, 5.41) is 6.41.